The summed E-state index contributed by atoms with van der Waals surface area (Å²) in [6.45, 7) is 6.63. The van der Waals surface area contributed by atoms with Crippen molar-refractivity contribution >= 4 is 17.5 Å². The molecule has 1 saturated heterocycles. The molecule has 3 heterocycles. The van der Waals surface area contributed by atoms with Crippen LogP contribution in [0.1, 0.15) is 39.7 Å². The van der Waals surface area contributed by atoms with Crippen LogP contribution in [0.15, 0.2) is 24.8 Å². The first-order valence-corrected chi connectivity index (χ1v) is 8.86. The Morgan fingerprint density at radius 2 is 1.79 bits per heavy atom. The molecule has 13 heteroatoms. The SMILES string of the molecule is CC(C)(C)OC(=O)N1CCC(n2cc([N+](=O)[O-])cn2)CC1.O=[N+]([O-])c1cn[nH]c1. The molecule has 0 spiro atoms. The highest BCUT2D eigenvalue weighted by molar-refractivity contribution is 5.68. The van der Waals surface area contributed by atoms with Gasteiger partial charge in [-0.2, -0.15) is 10.2 Å². The van der Waals surface area contributed by atoms with Crippen LogP contribution in [0.2, 0.25) is 0 Å². The van der Waals surface area contributed by atoms with Crippen LogP contribution in [0.4, 0.5) is 16.2 Å². The van der Waals surface area contributed by atoms with Crippen LogP contribution in [0, 0.1) is 20.2 Å². The van der Waals surface area contributed by atoms with E-state index in [4.69, 9.17) is 4.74 Å². The fourth-order valence-electron chi connectivity index (χ4n) is 2.61. The number of hydrogen-bond donors (Lipinski definition) is 1. The molecule has 1 aliphatic rings. The third-order valence-electron chi connectivity index (χ3n) is 3.98. The maximum Gasteiger partial charge on any atom is 0.410 e. The Labute approximate surface area is 165 Å². The lowest BCUT2D eigenvalue weighted by atomic mass is 10.1. The van der Waals surface area contributed by atoms with E-state index in [0.29, 0.717) is 25.9 Å². The van der Waals surface area contributed by atoms with Crippen LogP contribution < -0.4 is 0 Å². The van der Waals surface area contributed by atoms with E-state index in [1.165, 1.54) is 18.6 Å². The number of rotatable bonds is 3. The highest BCUT2D eigenvalue weighted by atomic mass is 16.6. The summed E-state index contributed by atoms with van der Waals surface area (Å²) in [4.78, 5) is 33.1. The molecule has 1 N–H and O–H groups in total. The minimum atomic E-state index is -0.510. The quantitative estimate of drug-likeness (QED) is 0.597. The van der Waals surface area contributed by atoms with E-state index in [9.17, 15) is 25.0 Å². The van der Waals surface area contributed by atoms with E-state index in [-0.39, 0.29) is 23.5 Å². The van der Waals surface area contributed by atoms with Crippen molar-refractivity contribution < 1.29 is 19.4 Å². The molecule has 1 amide bonds. The highest BCUT2D eigenvalue weighted by Gasteiger charge is 2.28. The van der Waals surface area contributed by atoms with E-state index in [1.807, 2.05) is 20.8 Å². The van der Waals surface area contributed by atoms with Crippen LogP contribution in [0.25, 0.3) is 0 Å². The molecule has 0 unspecified atom stereocenters. The number of hydrogen-bond acceptors (Lipinski definition) is 8. The number of ether oxygens (including phenoxy) is 1. The number of H-pyrrole nitrogens is 1. The minimum Gasteiger partial charge on any atom is -0.444 e. The molecule has 0 saturated carbocycles. The molecule has 3 rings (SSSR count). The van der Waals surface area contributed by atoms with E-state index < -0.39 is 15.4 Å². The topological polar surface area (TPSA) is 162 Å². The van der Waals surface area contributed by atoms with Crippen molar-refractivity contribution in [2.75, 3.05) is 13.1 Å². The number of nitrogens with zero attached hydrogens (tertiary/aromatic N) is 6. The zero-order chi connectivity index (χ0) is 21.6. The summed E-state index contributed by atoms with van der Waals surface area (Å²) in [6.07, 6.45) is 6.16. The molecule has 2 aromatic rings. The predicted molar refractivity (Wildman–Crippen MR) is 100 cm³/mol. The van der Waals surface area contributed by atoms with Gasteiger partial charge in [-0.1, -0.05) is 0 Å². The van der Waals surface area contributed by atoms with Gasteiger partial charge < -0.3 is 9.64 Å². The monoisotopic (exact) mass is 409 g/mol. The van der Waals surface area contributed by atoms with Gasteiger partial charge in [-0.05, 0) is 33.6 Å². The number of nitro groups is 2. The first-order chi connectivity index (χ1) is 13.6. The van der Waals surface area contributed by atoms with Crippen molar-refractivity contribution in [2.24, 2.45) is 0 Å². The fraction of sp³-hybridized carbons (Fsp3) is 0.562. The molecule has 29 heavy (non-hydrogen) atoms. The summed E-state index contributed by atoms with van der Waals surface area (Å²) in [5.74, 6) is 0. The number of nitrogens with one attached hydrogen (secondary N) is 1. The van der Waals surface area contributed by atoms with Gasteiger partial charge in [-0.15, -0.1) is 0 Å². The molecule has 0 aliphatic carbocycles. The van der Waals surface area contributed by atoms with Crippen molar-refractivity contribution in [3.8, 4) is 0 Å². The lowest BCUT2D eigenvalue weighted by molar-refractivity contribution is -0.385. The van der Waals surface area contributed by atoms with Gasteiger partial charge in [0.1, 0.15) is 24.2 Å². The largest absolute Gasteiger partial charge is 0.444 e. The molecule has 1 fully saturated rings. The summed E-state index contributed by atoms with van der Waals surface area (Å²) in [5, 5.41) is 30.2. The van der Waals surface area contributed by atoms with Crippen LogP contribution in [0.5, 0.6) is 0 Å². The molecule has 13 nitrogen and oxygen atoms in total. The number of likely N-dealkylation sites (tertiary alicyclic amines) is 1. The molecule has 158 valence electrons. The Morgan fingerprint density at radius 3 is 2.21 bits per heavy atom. The average Bonchev–Trinajstić information content (AvgIpc) is 3.33. The summed E-state index contributed by atoms with van der Waals surface area (Å²) in [5.41, 5.74) is -0.522. The van der Waals surface area contributed by atoms with Crippen molar-refractivity contribution in [1.29, 1.82) is 0 Å². The van der Waals surface area contributed by atoms with E-state index in [0.717, 1.165) is 6.20 Å². The molecule has 1 aliphatic heterocycles. The van der Waals surface area contributed by atoms with E-state index in [1.54, 1.807) is 9.58 Å². The van der Waals surface area contributed by atoms with Crippen molar-refractivity contribution in [2.45, 2.75) is 45.3 Å². The third-order valence-corrected chi connectivity index (χ3v) is 3.98. The minimum absolute atomic E-state index is 0.00926. The lowest BCUT2D eigenvalue weighted by Gasteiger charge is -2.33. The second-order valence-corrected chi connectivity index (χ2v) is 7.35. The molecule has 0 radical (unpaired) electrons. The van der Waals surface area contributed by atoms with Gasteiger partial charge in [-0.25, -0.2) is 4.79 Å². The number of carbonyl (C=O) groups excluding carboxylic acids is 1. The Morgan fingerprint density at radius 1 is 1.17 bits per heavy atom. The maximum atomic E-state index is 11.9. The predicted octanol–water partition coefficient (Wildman–Crippen LogP) is 2.68. The number of carbonyl (C=O) groups is 1. The number of amides is 1. The van der Waals surface area contributed by atoms with E-state index in [2.05, 4.69) is 15.3 Å². The smallest absolute Gasteiger partial charge is 0.410 e. The zero-order valence-electron chi connectivity index (χ0n) is 16.3. The second-order valence-electron chi connectivity index (χ2n) is 7.35. The van der Waals surface area contributed by atoms with Crippen LogP contribution in [-0.2, 0) is 4.74 Å². The molecular formula is C16H23N7O6. The normalized spacial score (nSPS) is 14.7. The number of aromatic nitrogens is 4. The molecule has 0 aromatic carbocycles. The lowest BCUT2D eigenvalue weighted by Crippen LogP contribution is -2.42. The molecule has 0 bridgehead atoms. The van der Waals surface area contributed by atoms with Crippen LogP contribution >= 0.6 is 0 Å². The highest BCUT2D eigenvalue weighted by Crippen LogP contribution is 2.24. The summed E-state index contributed by atoms with van der Waals surface area (Å²) in [7, 11) is 0. The first kappa shape index (κ1) is 21.8. The Hall–Kier alpha value is -3.51. The van der Waals surface area contributed by atoms with Crippen molar-refractivity contribution in [1.82, 2.24) is 24.9 Å². The molecule has 0 atom stereocenters. The molecule has 2 aromatic heterocycles. The van der Waals surface area contributed by atoms with Crippen molar-refractivity contribution in [3.63, 3.8) is 0 Å². The Kier molecular flexibility index (Phi) is 6.85. The van der Waals surface area contributed by atoms with Gasteiger partial charge in [0.25, 0.3) is 0 Å². The van der Waals surface area contributed by atoms with Gasteiger partial charge in [0, 0.05) is 13.1 Å². The van der Waals surface area contributed by atoms with Crippen LogP contribution in [0.3, 0.4) is 0 Å². The van der Waals surface area contributed by atoms with Gasteiger partial charge in [0.05, 0.1) is 22.1 Å². The number of aromatic amines is 1. The van der Waals surface area contributed by atoms with Gasteiger partial charge in [0.15, 0.2) is 0 Å². The Balaban J connectivity index is 0.000000313. The Bertz CT molecular complexity index is 834. The molecular weight excluding hydrogens is 386 g/mol. The van der Waals surface area contributed by atoms with Crippen LogP contribution in [-0.4, -0.2) is 59.5 Å². The summed E-state index contributed by atoms with van der Waals surface area (Å²) < 4.78 is 6.94. The van der Waals surface area contributed by atoms with E-state index >= 15 is 0 Å². The summed E-state index contributed by atoms with van der Waals surface area (Å²) >= 11 is 0. The fourth-order valence-corrected chi connectivity index (χ4v) is 2.61. The summed E-state index contributed by atoms with van der Waals surface area (Å²) in [6, 6.07) is 0.0809. The number of piperidine rings is 1. The second kappa shape index (κ2) is 9.12. The average molecular weight is 409 g/mol. The van der Waals surface area contributed by atoms with Crippen molar-refractivity contribution in [3.05, 3.63) is 45.0 Å². The standard InChI is InChI=1S/C13H20N4O4.C3H3N3O2/c1-13(2,3)21-12(18)15-6-4-10(5-7-15)16-9-11(8-14-16)17(19)20;7-6(8)3-1-4-5-2-3/h8-10H,4-7H2,1-3H3;1-2H,(H,4,5). The van der Waals surface area contributed by atoms with Gasteiger partial charge in [-0.3, -0.25) is 30.0 Å². The first-order valence-electron chi connectivity index (χ1n) is 8.86. The van der Waals surface area contributed by atoms with Gasteiger partial charge >= 0.3 is 17.5 Å². The maximum absolute atomic E-state index is 11.9. The third kappa shape index (κ3) is 6.55. The zero-order valence-corrected chi connectivity index (χ0v) is 16.3. The van der Waals surface area contributed by atoms with Gasteiger partial charge in [0.2, 0.25) is 0 Å².